The van der Waals surface area contributed by atoms with E-state index in [1.807, 2.05) is 26.0 Å². The van der Waals surface area contributed by atoms with Crippen molar-refractivity contribution in [3.63, 3.8) is 0 Å². The molecule has 33 heavy (non-hydrogen) atoms. The van der Waals surface area contributed by atoms with Crippen LogP contribution >= 0.6 is 0 Å². The predicted octanol–water partition coefficient (Wildman–Crippen LogP) is 5.36. The number of benzene rings is 3. The summed E-state index contributed by atoms with van der Waals surface area (Å²) in [7, 11) is 0. The van der Waals surface area contributed by atoms with Crippen LogP contribution in [0.15, 0.2) is 71.8 Å². The lowest BCUT2D eigenvalue weighted by molar-refractivity contribution is 0.0954. The summed E-state index contributed by atoms with van der Waals surface area (Å²) in [4.78, 5) is 12.4. The number of ether oxygens (including phenoxy) is 3. The molecule has 0 saturated carbocycles. The van der Waals surface area contributed by atoms with Crippen molar-refractivity contribution in [2.75, 3.05) is 13.2 Å². The lowest BCUT2D eigenvalue weighted by Gasteiger charge is -2.12. The highest BCUT2D eigenvalue weighted by Gasteiger charge is 2.11. The molecule has 0 radical (unpaired) electrons. The first-order valence-electron chi connectivity index (χ1n) is 10.8. The summed E-state index contributed by atoms with van der Waals surface area (Å²) >= 11 is 0. The maximum Gasteiger partial charge on any atom is 0.271 e. The summed E-state index contributed by atoms with van der Waals surface area (Å²) in [6, 6.07) is 18.5. The van der Waals surface area contributed by atoms with Gasteiger partial charge in [0, 0.05) is 5.56 Å². The molecule has 172 valence electrons. The Morgan fingerprint density at radius 2 is 1.79 bits per heavy atom. The maximum absolute atomic E-state index is 13.2. The lowest BCUT2D eigenvalue weighted by atomic mass is 10.2. The van der Waals surface area contributed by atoms with Crippen LogP contribution in [-0.4, -0.2) is 25.3 Å². The first-order valence-corrected chi connectivity index (χ1v) is 10.8. The number of hydrogen-bond donors (Lipinski definition) is 1. The fourth-order valence-electron chi connectivity index (χ4n) is 2.92. The topological polar surface area (TPSA) is 69.2 Å². The van der Waals surface area contributed by atoms with E-state index >= 15 is 0 Å². The third-order valence-electron chi connectivity index (χ3n) is 4.52. The van der Waals surface area contributed by atoms with Gasteiger partial charge in [-0.25, -0.2) is 9.82 Å². The second-order valence-electron chi connectivity index (χ2n) is 7.13. The van der Waals surface area contributed by atoms with Gasteiger partial charge in [0.05, 0.1) is 19.4 Å². The van der Waals surface area contributed by atoms with Crippen molar-refractivity contribution >= 4 is 12.1 Å². The summed E-state index contributed by atoms with van der Waals surface area (Å²) in [5.74, 6) is 1.13. The minimum Gasteiger partial charge on any atom is -0.490 e. The number of nitrogens with one attached hydrogen (secondary N) is 1. The van der Waals surface area contributed by atoms with Gasteiger partial charge in [-0.15, -0.1) is 0 Å². The third kappa shape index (κ3) is 7.35. The van der Waals surface area contributed by atoms with Gasteiger partial charge in [-0.05, 0) is 79.1 Å². The fourth-order valence-corrected chi connectivity index (χ4v) is 2.92. The summed E-state index contributed by atoms with van der Waals surface area (Å²) < 4.78 is 30.1. The zero-order valence-electron chi connectivity index (χ0n) is 18.7. The molecule has 0 aliphatic heterocycles. The smallest absolute Gasteiger partial charge is 0.271 e. The van der Waals surface area contributed by atoms with Crippen LogP contribution in [0.2, 0.25) is 0 Å². The van der Waals surface area contributed by atoms with Gasteiger partial charge < -0.3 is 14.2 Å². The number of halogens is 1. The van der Waals surface area contributed by atoms with Gasteiger partial charge in [0.15, 0.2) is 11.5 Å². The standard InChI is InChI=1S/C26H27FN2O4/c1-3-14-32-24-13-10-21(16-25(24)31-4-2)26(30)29-28-17-19-8-11-23(12-9-19)33-18-20-6-5-7-22(27)15-20/h5-13,15-17H,3-4,14,18H2,1-2H3,(H,29,30)/b28-17+. The summed E-state index contributed by atoms with van der Waals surface area (Å²) in [5, 5.41) is 4.02. The number of hydrazone groups is 1. The number of rotatable bonds is 11. The molecule has 3 aromatic carbocycles. The van der Waals surface area contributed by atoms with Crippen molar-refractivity contribution in [2.45, 2.75) is 26.9 Å². The SMILES string of the molecule is CCCOc1ccc(C(=O)N/N=C/c2ccc(OCc3cccc(F)c3)cc2)cc1OCC. The first kappa shape index (κ1) is 23.8. The minimum absolute atomic E-state index is 0.271. The van der Waals surface area contributed by atoms with Crippen molar-refractivity contribution in [1.82, 2.24) is 5.43 Å². The molecule has 7 heteroatoms. The van der Waals surface area contributed by atoms with Crippen LogP contribution in [0.1, 0.15) is 41.8 Å². The summed E-state index contributed by atoms with van der Waals surface area (Å²) in [6.07, 6.45) is 2.42. The number of hydrogen-bond acceptors (Lipinski definition) is 5. The Morgan fingerprint density at radius 3 is 2.52 bits per heavy atom. The van der Waals surface area contributed by atoms with Crippen LogP contribution in [0, 0.1) is 5.82 Å². The van der Waals surface area contributed by atoms with Crippen LogP contribution in [0.3, 0.4) is 0 Å². The predicted molar refractivity (Wildman–Crippen MR) is 126 cm³/mol. The van der Waals surface area contributed by atoms with Gasteiger partial charge in [0.25, 0.3) is 5.91 Å². The molecule has 1 amide bonds. The Hall–Kier alpha value is -3.87. The van der Waals surface area contributed by atoms with Gasteiger partial charge >= 0.3 is 0 Å². The van der Waals surface area contributed by atoms with E-state index in [4.69, 9.17) is 14.2 Å². The van der Waals surface area contributed by atoms with E-state index in [-0.39, 0.29) is 18.3 Å². The molecule has 0 aliphatic carbocycles. The van der Waals surface area contributed by atoms with E-state index in [0.717, 1.165) is 17.5 Å². The largest absolute Gasteiger partial charge is 0.490 e. The van der Waals surface area contributed by atoms with Crippen molar-refractivity contribution in [1.29, 1.82) is 0 Å². The van der Waals surface area contributed by atoms with Crippen LogP contribution in [0.5, 0.6) is 17.2 Å². The quantitative estimate of drug-likeness (QED) is 0.316. The molecule has 0 bridgehead atoms. The molecule has 0 atom stereocenters. The lowest BCUT2D eigenvalue weighted by Crippen LogP contribution is -2.17. The van der Waals surface area contributed by atoms with Crippen LogP contribution in [0.25, 0.3) is 0 Å². The molecule has 6 nitrogen and oxygen atoms in total. The number of nitrogens with zero attached hydrogens (tertiary/aromatic N) is 1. The monoisotopic (exact) mass is 450 g/mol. The highest BCUT2D eigenvalue weighted by molar-refractivity contribution is 5.95. The fraction of sp³-hybridized carbons (Fsp3) is 0.231. The Kier molecular flexibility index (Phi) is 8.82. The van der Waals surface area contributed by atoms with Crippen molar-refractivity contribution in [2.24, 2.45) is 5.10 Å². The molecular weight excluding hydrogens is 423 g/mol. The molecule has 0 unspecified atom stereocenters. The number of carbonyl (C=O) groups excluding carboxylic acids is 1. The van der Waals surface area contributed by atoms with Crippen molar-refractivity contribution in [3.8, 4) is 17.2 Å². The minimum atomic E-state index is -0.357. The Morgan fingerprint density at radius 1 is 0.970 bits per heavy atom. The molecule has 0 spiro atoms. The molecule has 0 aliphatic rings. The summed E-state index contributed by atoms with van der Waals surface area (Å²) in [5.41, 5.74) is 4.47. The third-order valence-corrected chi connectivity index (χ3v) is 4.52. The first-order chi connectivity index (χ1) is 16.1. The Balaban J connectivity index is 1.54. The highest BCUT2D eigenvalue weighted by Crippen LogP contribution is 2.28. The van der Waals surface area contributed by atoms with Crippen molar-refractivity contribution < 1.29 is 23.4 Å². The van der Waals surface area contributed by atoms with E-state index in [0.29, 0.717) is 36.0 Å². The van der Waals surface area contributed by atoms with Crippen molar-refractivity contribution in [3.05, 3.63) is 89.2 Å². The number of amides is 1. The molecule has 3 aromatic rings. The van der Waals surface area contributed by atoms with Gasteiger partial charge in [-0.3, -0.25) is 4.79 Å². The van der Waals surface area contributed by atoms with Gasteiger partial charge in [-0.1, -0.05) is 19.1 Å². The second kappa shape index (κ2) is 12.2. The number of carbonyl (C=O) groups is 1. The van der Waals surface area contributed by atoms with Crippen LogP contribution in [-0.2, 0) is 6.61 Å². The van der Waals surface area contributed by atoms with Gasteiger partial charge in [-0.2, -0.15) is 5.10 Å². The molecular formula is C26H27FN2O4. The van der Waals surface area contributed by atoms with E-state index in [2.05, 4.69) is 10.5 Å². The maximum atomic E-state index is 13.2. The summed E-state index contributed by atoms with van der Waals surface area (Å²) in [6.45, 7) is 5.21. The Labute approximate surface area is 193 Å². The van der Waals surface area contributed by atoms with Crippen LogP contribution < -0.4 is 19.6 Å². The molecule has 0 fully saturated rings. The van der Waals surface area contributed by atoms with Crippen LogP contribution in [0.4, 0.5) is 4.39 Å². The average molecular weight is 451 g/mol. The van der Waals surface area contributed by atoms with E-state index < -0.39 is 0 Å². The van der Waals surface area contributed by atoms with E-state index in [1.54, 1.807) is 42.5 Å². The van der Waals surface area contributed by atoms with E-state index in [9.17, 15) is 9.18 Å². The zero-order chi connectivity index (χ0) is 23.5. The highest BCUT2D eigenvalue weighted by atomic mass is 19.1. The van der Waals surface area contributed by atoms with E-state index in [1.165, 1.54) is 18.3 Å². The molecule has 1 N–H and O–H groups in total. The zero-order valence-corrected chi connectivity index (χ0v) is 18.7. The normalized spacial score (nSPS) is 10.8. The molecule has 0 aromatic heterocycles. The molecule has 0 heterocycles. The Bertz CT molecular complexity index is 1080. The molecule has 0 saturated heterocycles. The average Bonchev–Trinajstić information content (AvgIpc) is 2.83. The van der Waals surface area contributed by atoms with Gasteiger partial charge in [0.1, 0.15) is 18.2 Å². The molecule has 3 rings (SSSR count). The van der Waals surface area contributed by atoms with Gasteiger partial charge in [0.2, 0.25) is 0 Å². The second-order valence-corrected chi connectivity index (χ2v) is 7.13.